The molecule has 94 valence electrons. The quantitative estimate of drug-likeness (QED) is 0.584. The molecule has 0 bridgehead atoms. The molecule has 17 heavy (non-hydrogen) atoms. The van der Waals surface area contributed by atoms with Gasteiger partial charge in [-0.2, -0.15) is 0 Å². The lowest BCUT2D eigenvalue weighted by atomic mass is 10.0. The zero-order valence-electron chi connectivity index (χ0n) is 9.80. The highest BCUT2D eigenvalue weighted by Crippen LogP contribution is 2.07. The molecular weight excluding hydrogens is 224 g/mol. The minimum Gasteiger partial charge on any atom is -0.370 e. The molecule has 1 rings (SSSR count). The fourth-order valence-electron chi connectivity index (χ4n) is 1.43. The van der Waals surface area contributed by atoms with Gasteiger partial charge in [-0.05, 0) is 13.8 Å². The molecule has 1 aromatic rings. The minimum absolute atomic E-state index is 0.00755. The van der Waals surface area contributed by atoms with E-state index < -0.39 is 11.4 Å². The van der Waals surface area contributed by atoms with E-state index in [1.807, 2.05) is 0 Å². The van der Waals surface area contributed by atoms with Crippen LogP contribution in [0.3, 0.4) is 0 Å². The smallest absolute Gasteiger partial charge is 0.242 e. The van der Waals surface area contributed by atoms with Crippen molar-refractivity contribution in [2.45, 2.75) is 32.4 Å². The Labute approximate surface area is 98.4 Å². The number of hydrogen-bond donors (Lipinski definition) is 3. The molecule has 0 atom stereocenters. The van der Waals surface area contributed by atoms with Crippen LogP contribution in [0.5, 0.6) is 0 Å². The summed E-state index contributed by atoms with van der Waals surface area (Å²) in [6.07, 6.45) is 1.42. The molecule has 0 aliphatic heterocycles. The second-order valence-corrected chi connectivity index (χ2v) is 4.38. The predicted molar refractivity (Wildman–Crippen MR) is 60.5 cm³/mol. The SMILES string of the molecule is CC(C)(CC(N)=O)NC(=O)Cn1cnc(N)n1. The van der Waals surface area contributed by atoms with Crippen molar-refractivity contribution in [3.63, 3.8) is 0 Å². The molecule has 0 aliphatic carbocycles. The summed E-state index contributed by atoms with van der Waals surface area (Å²) in [5, 5.41) is 6.45. The highest BCUT2D eigenvalue weighted by atomic mass is 16.2. The zero-order valence-corrected chi connectivity index (χ0v) is 9.80. The van der Waals surface area contributed by atoms with Crippen LogP contribution in [0.1, 0.15) is 20.3 Å². The molecule has 8 heteroatoms. The second-order valence-electron chi connectivity index (χ2n) is 4.38. The average molecular weight is 240 g/mol. The first-order valence-corrected chi connectivity index (χ1v) is 5.03. The van der Waals surface area contributed by atoms with Gasteiger partial charge in [0.05, 0.1) is 0 Å². The number of primary amides is 1. The second kappa shape index (κ2) is 4.81. The van der Waals surface area contributed by atoms with Crippen molar-refractivity contribution in [1.82, 2.24) is 20.1 Å². The van der Waals surface area contributed by atoms with E-state index in [4.69, 9.17) is 11.5 Å². The fourth-order valence-corrected chi connectivity index (χ4v) is 1.43. The monoisotopic (exact) mass is 240 g/mol. The summed E-state index contributed by atoms with van der Waals surface area (Å²) in [6, 6.07) is 0. The van der Waals surface area contributed by atoms with Crippen LogP contribution < -0.4 is 16.8 Å². The Morgan fingerprint density at radius 1 is 1.53 bits per heavy atom. The normalized spacial score (nSPS) is 11.2. The van der Waals surface area contributed by atoms with E-state index in [9.17, 15) is 9.59 Å². The number of amides is 2. The Kier molecular flexibility index (Phi) is 3.66. The van der Waals surface area contributed by atoms with Gasteiger partial charge in [0.1, 0.15) is 12.9 Å². The number of nitrogens with zero attached hydrogens (tertiary/aromatic N) is 3. The summed E-state index contributed by atoms with van der Waals surface area (Å²) in [7, 11) is 0. The van der Waals surface area contributed by atoms with Crippen LogP contribution >= 0.6 is 0 Å². The molecule has 0 aliphatic rings. The molecule has 0 radical (unpaired) electrons. The third-order valence-electron chi connectivity index (χ3n) is 1.95. The molecule has 1 aromatic heterocycles. The van der Waals surface area contributed by atoms with Crippen molar-refractivity contribution < 1.29 is 9.59 Å². The molecule has 5 N–H and O–H groups in total. The van der Waals surface area contributed by atoms with Crippen molar-refractivity contribution in [3.05, 3.63) is 6.33 Å². The first-order valence-electron chi connectivity index (χ1n) is 5.03. The maximum absolute atomic E-state index is 11.6. The third kappa shape index (κ3) is 4.49. The van der Waals surface area contributed by atoms with Crippen LogP contribution in [0.25, 0.3) is 0 Å². The Hall–Kier alpha value is -2.12. The van der Waals surface area contributed by atoms with E-state index in [1.165, 1.54) is 11.0 Å². The first kappa shape index (κ1) is 12.9. The number of nitrogens with one attached hydrogen (secondary N) is 1. The predicted octanol–water partition coefficient (Wildman–Crippen LogP) is -1.37. The summed E-state index contributed by atoms with van der Waals surface area (Å²) in [6.45, 7) is 3.42. The summed E-state index contributed by atoms with van der Waals surface area (Å²) in [4.78, 5) is 26.1. The number of carbonyl (C=O) groups is 2. The van der Waals surface area contributed by atoms with Gasteiger partial charge in [-0.3, -0.25) is 9.59 Å². The van der Waals surface area contributed by atoms with Crippen LogP contribution in [-0.4, -0.2) is 32.1 Å². The van der Waals surface area contributed by atoms with E-state index in [2.05, 4.69) is 15.4 Å². The lowest BCUT2D eigenvalue weighted by molar-refractivity contribution is -0.124. The van der Waals surface area contributed by atoms with Crippen molar-refractivity contribution in [1.29, 1.82) is 0 Å². The van der Waals surface area contributed by atoms with Crippen LogP contribution in [-0.2, 0) is 16.1 Å². The van der Waals surface area contributed by atoms with Gasteiger partial charge in [0, 0.05) is 12.0 Å². The van der Waals surface area contributed by atoms with Gasteiger partial charge >= 0.3 is 0 Å². The van der Waals surface area contributed by atoms with E-state index in [1.54, 1.807) is 13.8 Å². The Morgan fingerprint density at radius 3 is 2.65 bits per heavy atom. The molecule has 0 saturated carbocycles. The van der Waals surface area contributed by atoms with Gasteiger partial charge in [0.2, 0.25) is 17.8 Å². The van der Waals surface area contributed by atoms with Crippen molar-refractivity contribution in [2.24, 2.45) is 5.73 Å². The molecule has 0 aromatic carbocycles. The number of hydrogen-bond acceptors (Lipinski definition) is 5. The van der Waals surface area contributed by atoms with Crippen LogP contribution in [0.4, 0.5) is 5.95 Å². The largest absolute Gasteiger partial charge is 0.370 e. The number of nitrogens with two attached hydrogens (primary N) is 2. The summed E-state index contributed by atoms with van der Waals surface area (Å²) >= 11 is 0. The van der Waals surface area contributed by atoms with Crippen molar-refractivity contribution in [2.75, 3.05) is 5.73 Å². The molecule has 0 saturated heterocycles. The van der Waals surface area contributed by atoms with E-state index in [0.717, 1.165) is 0 Å². The number of carbonyl (C=O) groups excluding carboxylic acids is 2. The average Bonchev–Trinajstić information content (AvgIpc) is 2.46. The summed E-state index contributed by atoms with van der Waals surface area (Å²) in [5.74, 6) is -0.657. The lowest BCUT2D eigenvalue weighted by Gasteiger charge is -2.24. The summed E-state index contributed by atoms with van der Waals surface area (Å²) in [5.41, 5.74) is 9.70. The van der Waals surface area contributed by atoms with Gasteiger partial charge < -0.3 is 16.8 Å². The maximum atomic E-state index is 11.6. The molecule has 1 heterocycles. The fraction of sp³-hybridized carbons (Fsp3) is 0.556. The highest BCUT2D eigenvalue weighted by molar-refractivity contribution is 5.79. The van der Waals surface area contributed by atoms with Crippen molar-refractivity contribution >= 4 is 17.8 Å². The molecule has 2 amide bonds. The number of nitrogen functional groups attached to an aromatic ring is 1. The maximum Gasteiger partial charge on any atom is 0.242 e. The van der Waals surface area contributed by atoms with E-state index >= 15 is 0 Å². The Balaban J connectivity index is 2.52. The van der Waals surface area contributed by atoms with Gasteiger partial charge in [0.25, 0.3) is 0 Å². The molecular formula is C9H16N6O2. The van der Waals surface area contributed by atoms with Crippen LogP contribution in [0, 0.1) is 0 Å². The Morgan fingerprint density at radius 2 is 2.18 bits per heavy atom. The number of rotatable bonds is 5. The minimum atomic E-state index is -0.685. The molecule has 0 fully saturated rings. The zero-order chi connectivity index (χ0) is 13.1. The molecule has 0 unspecified atom stereocenters. The Bertz CT molecular complexity index is 425. The lowest BCUT2D eigenvalue weighted by Crippen LogP contribution is -2.47. The van der Waals surface area contributed by atoms with Gasteiger partial charge in [-0.1, -0.05) is 0 Å². The number of anilines is 1. The molecule has 0 spiro atoms. The highest BCUT2D eigenvalue weighted by Gasteiger charge is 2.22. The molecule has 8 nitrogen and oxygen atoms in total. The van der Waals surface area contributed by atoms with Gasteiger partial charge in [-0.15, -0.1) is 5.10 Å². The number of aromatic nitrogens is 3. The topological polar surface area (TPSA) is 129 Å². The van der Waals surface area contributed by atoms with Crippen LogP contribution in [0.2, 0.25) is 0 Å². The van der Waals surface area contributed by atoms with Gasteiger partial charge in [-0.25, -0.2) is 9.67 Å². The van der Waals surface area contributed by atoms with E-state index in [-0.39, 0.29) is 24.8 Å². The first-order chi connectivity index (χ1) is 7.78. The standard InChI is InChI=1S/C9H16N6O2/c1-9(2,3-6(10)16)13-7(17)4-15-5-12-8(11)14-15/h5H,3-4H2,1-2H3,(H2,10,16)(H2,11,14)(H,13,17). The van der Waals surface area contributed by atoms with Gasteiger partial charge in [0.15, 0.2) is 0 Å². The van der Waals surface area contributed by atoms with Crippen LogP contribution in [0.15, 0.2) is 6.33 Å². The summed E-state index contributed by atoms with van der Waals surface area (Å²) < 4.78 is 1.31. The van der Waals surface area contributed by atoms with Crippen molar-refractivity contribution in [3.8, 4) is 0 Å². The van der Waals surface area contributed by atoms with E-state index in [0.29, 0.717) is 0 Å². The third-order valence-corrected chi connectivity index (χ3v) is 1.95.